The molecule has 1 amide bonds. The van der Waals surface area contributed by atoms with Gasteiger partial charge in [-0.1, -0.05) is 46.2 Å². The lowest BCUT2D eigenvalue weighted by molar-refractivity contribution is -0.125. The zero-order valence-electron chi connectivity index (χ0n) is 15.4. The van der Waals surface area contributed by atoms with Gasteiger partial charge in [0.1, 0.15) is 0 Å². The third kappa shape index (κ3) is 5.05. The number of hydrogen-bond acceptors (Lipinski definition) is 3. The predicted molar refractivity (Wildman–Crippen MR) is 97.2 cm³/mol. The van der Waals surface area contributed by atoms with Crippen LogP contribution in [0.2, 0.25) is 0 Å². The summed E-state index contributed by atoms with van der Waals surface area (Å²) < 4.78 is 26.4. The molecule has 0 radical (unpaired) electrons. The minimum atomic E-state index is -3.44. The van der Waals surface area contributed by atoms with E-state index in [1.807, 2.05) is 27.7 Å². The highest BCUT2D eigenvalue weighted by molar-refractivity contribution is 7.89. The van der Waals surface area contributed by atoms with Crippen LogP contribution in [0.15, 0.2) is 29.2 Å². The Morgan fingerprint density at radius 1 is 1.08 bits per heavy atom. The van der Waals surface area contributed by atoms with Gasteiger partial charge in [-0.05, 0) is 31.0 Å². The summed E-state index contributed by atoms with van der Waals surface area (Å²) in [5, 5.41) is 2.99. The van der Waals surface area contributed by atoms with E-state index in [1.54, 1.807) is 24.3 Å². The molecule has 0 fully saturated rings. The summed E-state index contributed by atoms with van der Waals surface area (Å²) in [5.74, 6) is 0.0176. The lowest BCUT2D eigenvalue weighted by Crippen LogP contribution is -2.32. The summed E-state index contributed by atoms with van der Waals surface area (Å²) in [4.78, 5) is 12.4. The van der Waals surface area contributed by atoms with Gasteiger partial charge in [0.05, 0.1) is 10.9 Å². The van der Waals surface area contributed by atoms with Crippen molar-refractivity contribution in [3.63, 3.8) is 0 Å². The second-order valence-corrected chi connectivity index (χ2v) is 8.02. The fourth-order valence-corrected chi connectivity index (χ4v) is 4.10. The van der Waals surface area contributed by atoms with E-state index in [4.69, 9.17) is 0 Å². The number of benzene rings is 1. The standard InChI is InChI=1S/C18H30N2O3S/c1-6-9-14(4)18(21)19-15(5)16-10-12-17(13-11-16)24(22,23)20(7-2)8-3/h10-15H,6-9H2,1-5H3,(H,19,21). The van der Waals surface area contributed by atoms with Crippen LogP contribution >= 0.6 is 0 Å². The van der Waals surface area contributed by atoms with Crippen molar-refractivity contribution in [2.24, 2.45) is 5.92 Å². The van der Waals surface area contributed by atoms with Gasteiger partial charge < -0.3 is 5.32 Å². The van der Waals surface area contributed by atoms with Gasteiger partial charge >= 0.3 is 0 Å². The van der Waals surface area contributed by atoms with Crippen molar-refractivity contribution in [2.75, 3.05) is 13.1 Å². The molecular weight excluding hydrogens is 324 g/mol. The van der Waals surface area contributed by atoms with Crippen molar-refractivity contribution in [1.29, 1.82) is 0 Å². The largest absolute Gasteiger partial charge is 0.349 e. The number of rotatable bonds is 9. The molecule has 0 spiro atoms. The fourth-order valence-electron chi connectivity index (χ4n) is 2.64. The molecule has 1 rings (SSSR count). The summed E-state index contributed by atoms with van der Waals surface area (Å²) in [6, 6.07) is 6.61. The maximum Gasteiger partial charge on any atom is 0.243 e. The Hall–Kier alpha value is -1.40. The Morgan fingerprint density at radius 3 is 2.08 bits per heavy atom. The number of carbonyl (C=O) groups is 1. The lowest BCUT2D eigenvalue weighted by atomic mass is 10.0. The van der Waals surface area contributed by atoms with Crippen molar-refractivity contribution in [1.82, 2.24) is 9.62 Å². The highest BCUT2D eigenvalue weighted by Crippen LogP contribution is 2.20. The van der Waals surface area contributed by atoms with E-state index in [2.05, 4.69) is 12.2 Å². The van der Waals surface area contributed by atoms with Crippen molar-refractivity contribution < 1.29 is 13.2 Å². The van der Waals surface area contributed by atoms with Gasteiger partial charge in [0.15, 0.2) is 0 Å². The minimum absolute atomic E-state index is 0.0141. The molecule has 2 atom stereocenters. The van der Waals surface area contributed by atoms with Crippen molar-refractivity contribution in [3.05, 3.63) is 29.8 Å². The van der Waals surface area contributed by atoms with E-state index in [9.17, 15) is 13.2 Å². The molecule has 1 aromatic carbocycles. The predicted octanol–water partition coefficient (Wildman–Crippen LogP) is 3.33. The molecular formula is C18H30N2O3S. The van der Waals surface area contributed by atoms with Crippen molar-refractivity contribution in [3.8, 4) is 0 Å². The Balaban J connectivity index is 2.85. The van der Waals surface area contributed by atoms with Gasteiger partial charge in [-0.25, -0.2) is 8.42 Å². The summed E-state index contributed by atoms with van der Waals surface area (Å²) in [7, 11) is -3.44. The third-order valence-corrected chi connectivity index (χ3v) is 6.32. The second-order valence-electron chi connectivity index (χ2n) is 6.08. The third-order valence-electron chi connectivity index (χ3n) is 4.25. The smallest absolute Gasteiger partial charge is 0.243 e. The molecule has 1 aromatic rings. The van der Waals surface area contributed by atoms with Crippen LogP contribution in [0.1, 0.15) is 59.1 Å². The molecule has 1 N–H and O–H groups in total. The first-order valence-corrected chi connectivity index (χ1v) is 10.1. The number of sulfonamides is 1. The van der Waals surface area contributed by atoms with Crippen LogP contribution in [0.3, 0.4) is 0 Å². The summed E-state index contributed by atoms with van der Waals surface area (Å²) in [6.45, 7) is 10.4. The quantitative estimate of drug-likeness (QED) is 0.740. The van der Waals surface area contributed by atoms with Crippen LogP contribution in [-0.4, -0.2) is 31.7 Å². The van der Waals surface area contributed by atoms with Gasteiger partial charge in [-0.2, -0.15) is 4.31 Å². The molecule has 0 aliphatic rings. The van der Waals surface area contributed by atoms with E-state index in [0.717, 1.165) is 18.4 Å². The molecule has 136 valence electrons. The molecule has 0 bridgehead atoms. The zero-order chi connectivity index (χ0) is 18.3. The zero-order valence-corrected chi connectivity index (χ0v) is 16.2. The van der Waals surface area contributed by atoms with E-state index in [1.165, 1.54) is 4.31 Å². The number of hydrogen-bond donors (Lipinski definition) is 1. The van der Waals surface area contributed by atoms with Crippen LogP contribution in [0.25, 0.3) is 0 Å². The average Bonchev–Trinajstić information content (AvgIpc) is 2.56. The maximum atomic E-state index is 12.5. The SMILES string of the molecule is CCCC(C)C(=O)NC(C)c1ccc(S(=O)(=O)N(CC)CC)cc1. The summed E-state index contributed by atoms with van der Waals surface area (Å²) >= 11 is 0. The van der Waals surface area contributed by atoms with Gasteiger partial charge in [0.2, 0.25) is 15.9 Å². The molecule has 0 saturated carbocycles. The van der Waals surface area contributed by atoms with Crippen LogP contribution in [0.5, 0.6) is 0 Å². The van der Waals surface area contributed by atoms with Crippen LogP contribution < -0.4 is 5.32 Å². The Bertz CT molecular complexity index is 622. The first-order valence-electron chi connectivity index (χ1n) is 8.68. The average molecular weight is 355 g/mol. The van der Waals surface area contributed by atoms with Gasteiger partial charge in [0, 0.05) is 19.0 Å². The van der Waals surface area contributed by atoms with E-state index >= 15 is 0 Å². The van der Waals surface area contributed by atoms with Crippen LogP contribution in [0.4, 0.5) is 0 Å². The molecule has 5 nitrogen and oxygen atoms in total. The molecule has 0 saturated heterocycles. The number of amides is 1. The van der Waals surface area contributed by atoms with E-state index in [-0.39, 0.29) is 22.8 Å². The summed E-state index contributed by atoms with van der Waals surface area (Å²) in [5.41, 5.74) is 0.894. The normalized spacial score (nSPS) is 14.4. The van der Waals surface area contributed by atoms with Gasteiger partial charge in [-0.3, -0.25) is 4.79 Å². The van der Waals surface area contributed by atoms with E-state index < -0.39 is 10.0 Å². The number of nitrogens with zero attached hydrogens (tertiary/aromatic N) is 1. The first kappa shape index (κ1) is 20.6. The van der Waals surface area contributed by atoms with Crippen LogP contribution in [0, 0.1) is 5.92 Å². The van der Waals surface area contributed by atoms with Crippen molar-refractivity contribution >= 4 is 15.9 Å². The van der Waals surface area contributed by atoms with Crippen molar-refractivity contribution in [2.45, 2.75) is 58.4 Å². The number of nitrogens with one attached hydrogen (secondary N) is 1. The monoisotopic (exact) mass is 354 g/mol. The molecule has 0 aliphatic carbocycles. The molecule has 2 unspecified atom stereocenters. The molecule has 24 heavy (non-hydrogen) atoms. The lowest BCUT2D eigenvalue weighted by Gasteiger charge is -2.20. The highest BCUT2D eigenvalue weighted by Gasteiger charge is 2.22. The molecule has 0 aromatic heterocycles. The Kier molecular flexibility index (Phi) is 7.90. The fraction of sp³-hybridized carbons (Fsp3) is 0.611. The first-order chi connectivity index (χ1) is 11.3. The van der Waals surface area contributed by atoms with E-state index in [0.29, 0.717) is 13.1 Å². The molecule has 0 aliphatic heterocycles. The van der Waals surface area contributed by atoms with Crippen LogP contribution in [-0.2, 0) is 14.8 Å². The van der Waals surface area contributed by atoms with Gasteiger partial charge in [0.25, 0.3) is 0 Å². The molecule has 6 heteroatoms. The highest BCUT2D eigenvalue weighted by atomic mass is 32.2. The Labute approximate surface area is 146 Å². The summed E-state index contributed by atoms with van der Waals surface area (Å²) in [6.07, 6.45) is 1.83. The maximum absolute atomic E-state index is 12.5. The molecule has 0 heterocycles. The number of carbonyl (C=O) groups excluding carboxylic acids is 1. The van der Waals surface area contributed by atoms with Gasteiger partial charge in [-0.15, -0.1) is 0 Å². The Morgan fingerprint density at radius 2 is 1.62 bits per heavy atom. The minimum Gasteiger partial charge on any atom is -0.349 e. The second kappa shape index (κ2) is 9.18. The topological polar surface area (TPSA) is 66.5 Å².